The third kappa shape index (κ3) is 34.8. The summed E-state index contributed by atoms with van der Waals surface area (Å²) in [4.78, 5) is 12.5. The summed E-state index contributed by atoms with van der Waals surface area (Å²) in [6.45, 7) is 4.00. The second kappa shape index (κ2) is 41.2. The lowest BCUT2D eigenvalue weighted by Crippen LogP contribution is -2.53. The molecule has 0 aliphatic heterocycles. The largest absolute Gasteiger partial charge is 0.394 e. The summed E-state index contributed by atoms with van der Waals surface area (Å²) in [6, 6.07) is -0.995. The van der Waals surface area contributed by atoms with Crippen LogP contribution in [0.1, 0.15) is 245 Å². The van der Waals surface area contributed by atoms with Crippen LogP contribution in [0, 0.1) is 0 Å². The Balaban J connectivity index is 3.57. The maximum Gasteiger partial charge on any atom is 0.249 e. The van der Waals surface area contributed by atoms with Gasteiger partial charge < -0.3 is 25.7 Å². The Bertz CT molecular complexity index is 746. The van der Waals surface area contributed by atoms with Crippen LogP contribution in [0.25, 0.3) is 0 Å². The average molecular weight is 738 g/mol. The smallest absolute Gasteiger partial charge is 0.249 e. The van der Waals surface area contributed by atoms with Crippen LogP contribution in [0.3, 0.4) is 0 Å². The first kappa shape index (κ1) is 51.0. The Morgan fingerprint density at radius 1 is 0.462 bits per heavy atom. The number of unbranched alkanes of at least 4 members (excludes halogenated alkanes) is 31. The lowest BCUT2D eigenvalue weighted by Gasteiger charge is -2.27. The zero-order chi connectivity index (χ0) is 38.2. The highest BCUT2D eigenvalue weighted by Gasteiger charge is 2.28. The first-order chi connectivity index (χ1) is 25.5. The molecule has 310 valence electrons. The van der Waals surface area contributed by atoms with Crippen molar-refractivity contribution in [2.75, 3.05) is 6.61 Å². The van der Waals surface area contributed by atoms with Crippen molar-refractivity contribution in [1.29, 1.82) is 0 Å². The number of allylic oxidation sites excluding steroid dienone is 2. The maximum atomic E-state index is 12.5. The molecule has 6 heteroatoms. The molecule has 4 atom stereocenters. The molecule has 1 amide bonds. The van der Waals surface area contributed by atoms with Crippen LogP contribution in [0.4, 0.5) is 0 Å². The number of hydrogen-bond acceptors (Lipinski definition) is 5. The third-order valence-corrected chi connectivity index (χ3v) is 11.0. The van der Waals surface area contributed by atoms with Gasteiger partial charge in [-0.15, -0.1) is 0 Å². The van der Waals surface area contributed by atoms with Crippen molar-refractivity contribution in [3.05, 3.63) is 12.2 Å². The van der Waals surface area contributed by atoms with Crippen LogP contribution in [0.2, 0.25) is 0 Å². The van der Waals surface area contributed by atoms with Crippen molar-refractivity contribution < 1.29 is 25.2 Å². The van der Waals surface area contributed by atoms with Gasteiger partial charge in [0.15, 0.2) is 0 Å². The molecule has 0 aliphatic carbocycles. The van der Waals surface area contributed by atoms with Gasteiger partial charge in [-0.05, 0) is 38.5 Å². The molecule has 6 nitrogen and oxygen atoms in total. The SMILES string of the molecule is CCCCCC/C=C/CCCC(O)C(O)C(CO)NC(=O)C(O)CCCCCCCCCCCCCCCCCCCCCCCCCCCCC. The van der Waals surface area contributed by atoms with E-state index >= 15 is 0 Å². The zero-order valence-electron chi connectivity index (χ0n) is 34.8. The van der Waals surface area contributed by atoms with Gasteiger partial charge in [0, 0.05) is 0 Å². The molecule has 0 saturated heterocycles. The molecule has 4 unspecified atom stereocenters. The van der Waals surface area contributed by atoms with Crippen LogP contribution in [0.5, 0.6) is 0 Å². The van der Waals surface area contributed by atoms with Crippen LogP contribution in [-0.4, -0.2) is 57.3 Å². The normalized spacial score (nSPS) is 14.2. The Hall–Kier alpha value is -0.950. The Morgan fingerprint density at radius 3 is 1.15 bits per heavy atom. The molecule has 0 spiro atoms. The van der Waals surface area contributed by atoms with E-state index in [2.05, 4.69) is 31.3 Å². The molecular weight excluding hydrogens is 647 g/mol. The monoisotopic (exact) mass is 738 g/mol. The molecule has 0 radical (unpaired) electrons. The maximum absolute atomic E-state index is 12.5. The summed E-state index contributed by atoms with van der Waals surface area (Å²) in [7, 11) is 0. The summed E-state index contributed by atoms with van der Waals surface area (Å²) in [6.07, 6.45) is 45.7. The molecule has 0 heterocycles. The number of aliphatic hydroxyl groups excluding tert-OH is 4. The summed E-state index contributed by atoms with van der Waals surface area (Å²) < 4.78 is 0. The van der Waals surface area contributed by atoms with E-state index in [9.17, 15) is 25.2 Å². The van der Waals surface area contributed by atoms with Gasteiger partial charge in [-0.1, -0.05) is 219 Å². The highest BCUT2D eigenvalue weighted by atomic mass is 16.3. The van der Waals surface area contributed by atoms with E-state index in [4.69, 9.17) is 0 Å². The minimum atomic E-state index is -1.28. The van der Waals surface area contributed by atoms with Gasteiger partial charge in [-0.3, -0.25) is 4.79 Å². The van der Waals surface area contributed by atoms with E-state index in [0.29, 0.717) is 12.8 Å². The first-order valence-electron chi connectivity index (χ1n) is 23.1. The second-order valence-electron chi connectivity index (χ2n) is 16.1. The number of carbonyl (C=O) groups is 1. The number of hydrogen-bond donors (Lipinski definition) is 5. The Morgan fingerprint density at radius 2 is 0.788 bits per heavy atom. The summed E-state index contributed by atoms with van der Waals surface area (Å²) in [5.74, 6) is -0.592. The van der Waals surface area contributed by atoms with Crippen molar-refractivity contribution in [3.63, 3.8) is 0 Å². The van der Waals surface area contributed by atoms with Crippen molar-refractivity contribution in [2.24, 2.45) is 0 Å². The number of aliphatic hydroxyl groups is 4. The van der Waals surface area contributed by atoms with Gasteiger partial charge >= 0.3 is 0 Å². The van der Waals surface area contributed by atoms with Crippen molar-refractivity contribution in [2.45, 2.75) is 269 Å². The Kier molecular flexibility index (Phi) is 40.5. The van der Waals surface area contributed by atoms with Gasteiger partial charge in [0.1, 0.15) is 12.2 Å². The number of carbonyl (C=O) groups excluding carboxylic acids is 1. The van der Waals surface area contributed by atoms with Crippen molar-refractivity contribution in [1.82, 2.24) is 5.32 Å². The van der Waals surface area contributed by atoms with Crippen LogP contribution < -0.4 is 5.32 Å². The van der Waals surface area contributed by atoms with E-state index in [1.165, 1.54) is 180 Å². The van der Waals surface area contributed by atoms with Gasteiger partial charge in [-0.2, -0.15) is 0 Å². The van der Waals surface area contributed by atoms with Gasteiger partial charge in [0.2, 0.25) is 5.91 Å². The van der Waals surface area contributed by atoms with Crippen molar-refractivity contribution in [3.8, 4) is 0 Å². The minimum absolute atomic E-state index is 0.368. The van der Waals surface area contributed by atoms with E-state index in [1.807, 2.05) is 0 Å². The molecular formula is C46H91NO5. The number of amides is 1. The van der Waals surface area contributed by atoms with Gasteiger partial charge in [0.25, 0.3) is 0 Å². The molecule has 0 fully saturated rings. The fourth-order valence-corrected chi connectivity index (χ4v) is 7.29. The fraction of sp³-hybridized carbons (Fsp3) is 0.935. The minimum Gasteiger partial charge on any atom is -0.394 e. The van der Waals surface area contributed by atoms with Crippen LogP contribution in [0.15, 0.2) is 12.2 Å². The molecule has 0 aliphatic rings. The van der Waals surface area contributed by atoms with E-state index in [0.717, 1.165) is 38.5 Å². The predicted octanol–water partition coefficient (Wildman–Crippen LogP) is 12.2. The molecule has 0 saturated carbocycles. The summed E-state index contributed by atoms with van der Waals surface area (Å²) in [5, 5.41) is 43.4. The lowest BCUT2D eigenvalue weighted by atomic mass is 10.00. The summed E-state index contributed by atoms with van der Waals surface area (Å²) >= 11 is 0. The molecule has 0 aromatic carbocycles. The van der Waals surface area contributed by atoms with E-state index in [1.54, 1.807) is 0 Å². The van der Waals surface area contributed by atoms with Crippen LogP contribution >= 0.6 is 0 Å². The van der Waals surface area contributed by atoms with E-state index in [-0.39, 0.29) is 0 Å². The topological polar surface area (TPSA) is 110 Å². The summed E-state index contributed by atoms with van der Waals surface area (Å²) in [5.41, 5.74) is 0. The van der Waals surface area contributed by atoms with Gasteiger partial charge in [0.05, 0.1) is 18.8 Å². The molecule has 0 aromatic rings. The highest BCUT2D eigenvalue weighted by molar-refractivity contribution is 5.80. The number of nitrogens with one attached hydrogen (secondary N) is 1. The second-order valence-corrected chi connectivity index (χ2v) is 16.1. The standard InChI is InChI=1S/C46H91NO5/c1-3-5-7-9-11-13-14-15-16-17-18-19-20-21-22-23-24-25-26-27-28-29-30-32-34-36-38-40-44(50)46(52)47-42(41-48)45(51)43(49)39-37-35-33-31-12-10-8-6-4-2/h31,33,42-45,48-51H,3-30,32,34-41H2,1-2H3,(H,47,52)/b33-31+. The molecule has 52 heavy (non-hydrogen) atoms. The van der Waals surface area contributed by atoms with Gasteiger partial charge in [-0.25, -0.2) is 0 Å². The predicted molar refractivity (Wildman–Crippen MR) is 224 cm³/mol. The Labute approximate surface area is 323 Å². The highest BCUT2D eigenvalue weighted by Crippen LogP contribution is 2.17. The van der Waals surface area contributed by atoms with Crippen molar-refractivity contribution >= 4 is 5.91 Å². The molecule has 0 rings (SSSR count). The first-order valence-corrected chi connectivity index (χ1v) is 23.1. The quantitative estimate of drug-likeness (QED) is 0.0316. The zero-order valence-corrected chi connectivity index (χ0v) is 34.8. The number of rotatable bonds is 42. The third-order valence-electron chi connectivity index (χ3n) is 11.0. The van der Waals surface area contributed by atoms with E-state index < -0.39 is 36.9 Å². The molecule has 0 aromatic heterocycles. The van der Waals surface area contributed by atoms with Crippen LogP contribution in [-0.2, 0) is 4.79 Å². The molecule has 5 N–H and O–H groups in total. The average Bonchev–Trinajstić information content (AvgIpc) is 3.15. The lowest BCUT2D eigenvalue weighted by molar-refractivity contribution is -0.132. The fourth-order valence-electron chi connectivity index (χ4n) is 7.29. The molecule has 0 bridgehead atoms.